The molecular formula is C15H12N2. The summed E-state index contributed by atoms with van der Waals surface area (Å²) in [6, 6.07) is 17.5. The molecule has 0 spiro atoms. The molecule has 0 aliphatic rings. The number of nitrogens with zero attached hydrogens (tertiary/aromatic N) is 2. The van der Waals surface area contributed by atoms with Crippen LogP contribution in [0.1, 0.15) is 16.7 Å². The zero-order chi connectivity index (χ0) is 12.1. The highest BCUT2D eigenvalue weighted by atomic mass is 14.7. The first-order chi connectivity index (χ1) is 8.29. The van der Waals surface area contributed by atoms with Crippen molar-refractivity contribution in [2.45, 2.75) is 6.92 Å². The SMILES string of the molecule is Cc1ccc(N=Cc2ccccc2C#N)cc1. The van der Waals surface area contributed by atoms with E-state index in [1.807, 2.05) is 49.4 Å². The van der Waals surface area contributed by atoms with E-state index >= 15 is 0 Å². The van der Waals surface area contributed by atoms with Crippen molar-refractivity contribution in [1.29, 1.82) is 5.26 Å². The predicted octanol–water partition coefficient (Wildman–Crippen LogP) is 3.62. The topological polar surface area (TPSA) is 36.1 Å². The normalized spacial score (nSPS) is 10.4. The lowest BCUT2D eigenvalue weighted by atomic mass is 10.1. The third-order valence-electron chi connectivity index (χ3n) is 2.47. The summed E-state index contributed by atoms with van der Waals surface area (Å²) < 4.78 is 0. The fourth-order valence-electron chi connectivity index (χ4n) is 1.49. The Kier molecular flexibility index (Phi) is 3.32. The summed E-state index contributed by atoms with van der Waals surface area (Å²) in [7, 11) is 0. The number of hydrogen-bond acceptors (Lipinski definition) is 2. The van der Waals surface area contributed by atoms with Crippen LogP contribution in [0.25, 0.3) is 0 Å². The lowest BCUT2D eigenvalue weighted by Gasteiger charge is -1.97. The van der Waals surface area contributed by atoms with Crippen molar-refractivity contribution in [3.63, 3.8) is 0 Å². The van der Waals surface area contributed by atoms with E-state index in [0.717, 1.165) is 11.3 Å². The molecule has 2 aromatic rings. The Bertz CT molecular complexity index is 575. The Morgan fingerprint density at radius 1 is 1.06 bits per heavy atom. The molecule has 0 aliphatic carbocycles. The van der Waals surface area contributed by atoms with Crippen LogP contribution in [0.5, 0.6) is 0 Å². The first kappa shape index (κ1) is 11.1. The first-order valence-electron chi connectivity index (χ1n) is 5.39. The van der Waals surface area contributed by atoms with Gasteiger partial charge in [-0.3, -0.25) is 4.99 Å². The van der Waals surface area contributed by atoms with E-state index in [9.17, 15) is 0 Å². The average molecular weight is 220 g/mol. The summed E-state index contributed by atoms with van der Waals surface area (Å²) in [5.74, 6) is 0. The summed E-state index contributed by atoms with van der Waals surface area (Å²) in [5.41, 5.74) is 3.59. The first-order valence-corrected chi connectivity index (χ1v) is 5.39. The van der Waals surface area contributed by atoms with E-state index in [4.69, 9.17) is 5.26 Å². The molecule has 0 heterocycles. The van der Waals surface area contributed by atoms with Gasteiger partial charge in [-0.15, -0.1) is 0 Å². The van der Waals surface area contributed by atoms with Crippen LogP contribution in [0.3, 0.4) is 0 Å². The molecule has 2 aromatic carbocycles. The summed E-state index contributed by atoms with van der Waals surface area (Å²) >= 11 is 0. The summed E-state index contributed by atoms with van der Waals surface area (Å²) in [4.78, 5) is 4.35. The van der Waals surface area contributed by atoms with Crippen LogP contribution in [0.2, 0.25) is 0 Å². The maximum absolute atomic E-state index is 8.94. The summed E-state index contributed by atoms with van der Waals surface area (Å²) in [6.07, 6.45) is 1.73. The smallest absolute Gasteiger partial charge is 0.0998 e. The molecule has 0 aromatic heterocycles. The zero-order valence-electron chi connectivity index (χ0n) is 9.59. The molecular weight excluding hydrogens is 208 g/mol. The van der Waals surface area contributed by atoms with Crippen LogP contribution in [0.15, 0.2) is 53.5 Å². The van der Waals surface area contributed by atoms with Crippen molar-refractivity contribution < 1.29 is 0 Å². The Hall–Kier alpha value is -2.40. The molecule has 2 rings (SSSR count). The van der Waals surface area contributed by atoms with E-state index in [0.29, 0.717) is 5.56 Å². The van der Waals surface area contributed by atoms with Crippen LogP contribution in [-0.4, -0.2) is 6.21 Å². The monoisotopic (exact) mass is 220 g/mol. The highest BCUT2D eigenvalue weighted by Gasteiger charge is 1.96. The molecule has 0 bridgehead atoms. The third-order valence-corrected chi connectivity index (χ3v) is 2.47. The van der Waals surface area contributed by atoms with Gasteiger partial charge in [0, 0.05) is 11.8 Å². The molecule has 2 heteroatoms. The molecule has 0 radical (unpaired) electrons. The van der Waals surface area contributed by atoms with Gasteiger partial charge in [0.15, 0.2) is 0 Å². The molecule has 0 amide bonds. The van der Waals surface area contributed by atoms with Crippen molar-refractivity contribution in [1.82, 2.24) is 0 Å². The standard InChI is InChI=1S/C15H12N2/c1-12-6-8-15(9-7-12)17-11-14-5-3-2-4-13(14)10-16/h2-9,11H,1H3. The van der Waals surface area contributed by atoms with E-state index < -0.39 is 0 Å². The summed E-state index contributed by atoms with van der Waals surface area (Å²) in [5, 5.41) is 8.94. The van der Waals surface area contributed by atoms with Crippen molar-refractivity contribution in [2.24, 2.45) is 4.99 Å². The van der Waals surface area contributed by atoms with Gasteiger partial charge in [-0.1, -0.05) is 35.9 Å². The van der Waals surface area contributed by atoms with Crippen molar-refractivity contribution in [3.8, 4) is 6.07 Å². The molecule has 2 nitrogen and oxygen atoms in total. The molecule has 17 heavy (non-hydrogen) atoms. The van der Waals surface area contributed by atoms with Gasteiger partial charge in [0.2, 0.25) is 0 Å². The van der Waals surface area contributed by atoms with E-state index in [2.05, 4.69) is 11.1 Å². The van der Waals surface area contributed by atoms with Crippen LogP contribution in [0.4, 0.5) is 5.69 Å². The van der Waals surface area contributed by atoms with Crippen LogP contribution >= 0.6 is 0 Å². The second-order valence-electron chi connectivity index (χ2n) is 3.79. The fraction of sp³-hybridized carbons (Fsp3) is 0.0667. The number of aliphatic imine (C=N–C) groups is 1. The molecule has 0 fully saturated rings. The lowest BCUT2D eigenvalue weighted by Crippen LogP contribution is -1.86. The van der Waals surface area contributed by atoms with Crippen molar-refractivity contribution in [2.75, 3.05) is 0 Å². The second-order valence-corrected chi connectivity index (χ2v) is 3.79. The minimum Gasteiger partial charge on any atom is -0.256 e. The highest BCUT2D eigenvalue weighted by Crippen LogP contribution is 2.13. The summed E-state index contributed by atoms with van der Waals surface area (Å²) in [6.45, 7) is 2.04. The van der Waals surface area contributed by atoms with Crippen LogP contribution in [-0.2, 0) is 0 Å². The number of hydrogen-bond donors (Lipinski definition) is 0. The maximum Gasteiger partial charge on any atom is 0.0998 e. The Morgan fingerprint density at radius 3 is 2.47 bits per heavy atom. The number of rotatable bonds is 2. The van der Waals surface area contributed by atoms with Gasteiger partial charge in [0.1, 0.15) is 0 Å². The quantitative estimate of drug-likeness (QED) is 0.712. The number of aryl methyl sites for hydroxylation is 1. The van der Waals surface area contributed by atoms with Gasteiger partial charge < -0.3 is 0 Å². The fourth-order valence-corrected chi connectivity index (χ4v) is 1.49. The Labute approximate surface area is 101 Å². The Balaban J connectivity index is 2.26. The predicted molar refractivity (Wildman–Crippen MR) is 69.6 cm³/mol. The van der Waals surface area contributed by atoms with E-state index in [-0.39, 0.29) is 0 Å². The van der Waals surface area contributed by atoms with Crippen molar-refractivity contribution in [3.05, 3.63) is 65.2 Å². The van der Waals surface area contributed by atoms with E-state index in [1.165, 1.54) is 5.56 Å². The molecule has 0 saturated heterocycles. The third kappa shape index (κ3) is 2.79. The number of nitriles is 1. The van der Waals surface area contributed by atoms with E-state index in [1.54, 1.807) is 12.3 Å². The van der Waals surface area contributed by atoms with Gasteiger partial charge in [-0.2, -0.15) is 5.26 Å². The van der Waals surface area contributed by atoms with Gasteiger partial charge >= 0.3 is 0 Å². The largest absolute Gasteiger partial charge is 0.256 e. The zero-order valence-corrected chi connectivity index (χ0v) is 9.59. The molecule has 0 atom stereocenters. The van der Waals surface area contributed by atoms with Crippen molar-refractivity contribution >= 4 is 11.9 Å². The molecule has 82 valence electrons. The van der Waals surface area contributed by atoms with Gasteiger partial charge in [-0.25, -0.2) is 0 Å². The lowest BCUT2D eigenvalue weighted by molar-refractivity contribution is 1.43. The highest BCUT2D eigenvalue weighted by molar-refractivity contribution is 5.85. The van der Waals surface area contributed by atoms with Gasteiger partial charge in [-0.05, 0) is 25.1 Å². The second kappa shape index (κ2) is 5.09. The Morgan fingerprint density at radius 2 is 1.76 bits per heavy atom. The molecule has 0 saturated carbocycles. The maximum atomic E-state index is 8.94. The molecule has 0 unspecified atom stereocenters. The van der Waals surface area contributed by atoms with Crippen LogP contribution < -0.4 is 0 Å². The molecule has 0 N–H and O–H groups in total. The van der Waals surface area contributed by atoms with Gasteiger partial charge in [0.05, 0.1) is 17.3 Å². The van der Waals surface area contributed by atoms with Gasteiger partial charge in [0.25, 0.3) is 0 Å². The number of benzene rings is 2. The van der Waals surface area contributed by atoms with Crippen LogP contribution in [0, 0.1) is 18.3 Å². The molecule has 0 aliphatic heterocycles. The average Bonchev–Trinajstić information content (AvgIpc) is 2.38. The minimum atomic E-state index is 0.642. The minimum absolute atomic E-state index is 0.642.